The molecule has 41 heavy (non-hydrogen) atoms. The van der Waals surface area contributed by atoms with Crippen molar-refractivity contribution in [2.24, 2.45) is 5.92 Å². The first-order chi connectivity index (χ1) is 19.4. The summed E-state index contributed by atoms with van der Waals surface area (Å²) in [7, 11) is 1.46. The lowest BCUT2D eigenvalue weighted by atomic mass is 9.89. The van der Waals surface area contributed by atoms with E-state index in [1.54, 1.807) is 25.7 Å². The number of piperidine rings is 1. The number of nitrogens with zero attached hydrogens (tertiary/aromatic N) is 2. The number of fused-ring (bicyclic) bond motifs is 3. The van der Waals surface area contributed by atoms with Crippen molar-refractivity contribution in [1.29, 1.82) is 0 Å². The van der Waals surface area contributed by atoms with Crippen molar-refractivity contribution in [1.82, 2.24) is 15.1 Å². The number of nitrogens with one attached hydrogen (secondary N) is 1. The second-order valence-electron chi connectivity index (χ2n) is 11.7. The van der Waals surface area contributed by atoms with Gasteiger partial charge in [-0.15, -0.1) is 0 Å². The molecule has 3 amide bonds. The summed E-state index contributed by atoms with van der Waals surface area (Å²) in [5, 5.41) is 12.5. The molecule has 1 aliphatic heterocycles. The fourth-order valence-corrected chi connectivity index (χ4v) is 5.43. The number of carboxylic acids is 1. The van der Waals surface area contributed by atoms with E-state index in [4.69, 9.17) is 9.47 Å². The number of hydrogen-bond acceptors (Lipinski definition) is 6. The molecular formula is C31H39N3O7. The largest absolute Gasteiger partial charge is 0.480 e. The molecule has 0 spiro atoms. The normalized spacial score (nSPS) is 16.7. The molecule has 2 aromatic rings. The molecule has 10 nitrogen and oxygen atoms in total. The molecule has 1 aliphatic carbocycles. The molecule has 0 radical (unpaired) electrons. The van der Waals surface area contributed by atoms with E-state index in [9.17, 15) is 24.3 Å². The van der Waals surface area contributed by atoms with E-state index >= 15 is 0 Å². The molecule has 0 bridgehead atoms. The second kappa shape index (κ2) is 12.2. The number of likely N-dealkylation sites (tertiary alicyclic amines) is 1. The number of amides is 3. The Kier molecular flexibility index (Phi) is 8.89. The number of carboxylic acid groups (broad SMARTS) is 1. The van der Waals surface area contributed by atoms with E-state index < -0.39 is 41.7 Å². The van der Waals surface area contributed by atoms with E-state index in [-0.39, 0.29) is 18.4 Å². The average molecular weight is 566 g/mol. The Bertz CT molecular complexity index is 1250. The number of hydrogen-bond donors (Lipinski definition) is 2. The number of likely N-dealkylation sites (N-methyl/N-ethyl adjacent to an activating group) is 1. The molecule has 2 unspecified atom stereocenters. The highest BCUT2D eigenvalue weighted by atomic mass is 16.6. The molecule has 0 saturated carbocycles. The van der Waals surface area contributed by atoms with Gasteiger partial charge in [-0.2, -0.15) is 0 Å². The van der Waals surface area contributed by atoms with Gasteiger partial charge in [0.1, 0.15) is 24.3 Å². The number of aliphatic carboxylic acids is 1. The third kappa shape index (κ3) is 6.81. The Morgan fingerprint density at radius 3 is 2.05 bits per heavy atom. The number of carbonyl (C=O) groups excluding carboxylic acids is 3. The van der Waals surface area contributed by atoms with Crippen molar-refractivity contribution < 1.29 is 33.8 Å². The lowest BCUT2D eigenvalue weighted by Crippen LogP contribution is -2.55. The van der Waals surface area contributed by atoms with E-state index in [0.29, 0.717) is 25.9 Å². The molecule has 220 valence electrons. The zero-order valence-corrected chi connectivity index (χ0v) is 24.3. The fraction of sp³-hybridized carbons (Fsp3) is 0.484. The number of carbonyl (C=O) groups is 4. The van der Waals surface area contributed by atoms with Crippen LogP contribution >= 0.6 is 0 Å². The highest BCUT2D eigenvalue weighted by Crippen LogP contribution is 2.44. The van der Waals surface area contributed by atoms with Crippen LogP contribution in [0.25, 0.3) is 11.1 Å². The first kappa shape index (κ1) is 29.9. The highest BCUT2D eigenvalue weighted by Gasteiger charge is 2.37. The average Bonchev–Trinajstić information content (AvgIpc) is 3.26. The van der Waals surface area contributed by atoms with Crippen LogP contribution in [-0.4, -0.2) is 83.4 Å². The van der Waals surface area contributed by atoms with Gasteiger partial charge in [0.25, 0.3) is 0 Å². The number of benzene rings is 2. The Labute approximate surface area is 240 Å². The van der Waals surface area contributed by atoms with Crippen LogP contribution in [0.3, 0.4) is 0 Å². The van der Waals surface area contributed by atoms with Crippen molar-refractivity contribution in [2.45, 2.75) is 64.1 Å². The highest BCUT2D eigenvalue weighted by molar-refractivity contribution is 5.89. The minimum atomic E-state index is -1.16. The lowest BCUT2D eigenvalue weighted by molar-refractivity contribution is -0.144. The standard InChI is InChI=1S/C31H39N3O7/c1-19(27(35)32-26(28(36)37)20-14-16-34(17-15-20)30(39)41-31(2,3)4)33(5)29(38)40-18-25-23-12-8-6-10-21(23)22-11-7-9-13-24(22)25/h6-13,19-20,25-26H,14-18H2,1-5H3,(H,32,35)(H,36,37). The maximum Gasteiger partial charge on any atom is 0.410 e. The summed E-state index contributed by atoms with van der Waals surface area (Å²) in [5.41, 5.74) is 3.76. The topological polar surface area (TPSA) is 125 Å². The van der Waals surface area contributed by atoms with Crippen LogP contribution in [0.4, 0.5) is 9.59 Å². The van der Waals surface area contributed by atoms with Crippen molar-refractivity contribution in [2.75, 3.05) is 26.7 Å². The van der Waals surface area contributed by atoms with E-state index in [1.165, 1.54) is 18.9 Å². The molecule has 4 rings (SSSR count). The Balaban J connectivity index is 1.32. The third-order valence-corrected chi connectivity index (χ3v) is 7.81. The summed E-state index contributed by atoms with van der Waals surface area (Å²) in [4.78, 5) is 53.2. The van der Waals surface area contributed by atoms with Crippen molar-refractivity contribution >= 4 is 24.1 Å². The summed E-state index contributed by atoms with van der Waals surface area (Å²) in [5.74, 6) is -2.25. The lowest BCUT2D eigenvalue weighted by Gasteiger charge is -2.36. The molecule has 1 fully saturated rings. The molecule has 1 heterocycles. The summed E-state index contributed by atoms with van der Waals surface area (Å²) >= 11 is 0. The molecule has 2 N–H and O–H groups in total. The van der Waals surface area contributed by atoms with Crippen molar-refractivity contribution in [3.05, 3.63) is 59.7 Å². The summed E-state index contributed by atoms with van der Waals surface area (Å²) in [6.45, 7) is 7.65. The van der Waals surface area contributed by atoms with E-state index in [1.807, 2.05) is 36.4 Å². The Hall–Kier alpha value is -4.08. The van der Waals surface area contributed by atoms with E-state index in [2.05, 4.69) is 17.4 Å². The monoisotopic (exact) mass is 565 g/mol. The van der Waals surface area contributed by atoms with Crippen molar-refractivity contribution in [3.63, 3.8) is 0 Å². The second-order valence-corrected chi connectivity index (χ2v) is 11.7. The fourth-order valence-electron chi connectivity index (χ4n) is 5.43. The first-order valence-electron chi connectivity index (χ1n) is 14.0. The van der Waals surface area contributed by atoms with Gasteiger partial charge in [0.2, 0.25) is 5.91 Å². The summed E-state index contributed by atoms with van der Waals surface area (Å²) in [6, 6.07) is 13.9. The van der Waals surface area contributed by atoms with Gasteiger partial charge in [0, 0.05) is 26.1 Å². The predicted octanol–water partition coefficient (Wildman–Crippen LogP) is 4.47. The van der Waals surface area contributed by atoms with Gasteiger partial charge >= 0.3 is 18.2 Å². The number of ether oxygens (including phenoxy) is 2. The van der Waals surface area contributed by atoms with Gasteiger partial charge in [-0.05, 0) is 68.7 Å². The summed E-state index contributed by atoms with van der Waals surface area (Å²) < 4.78 is 11.1. The minimum Gasteiger partial charge on any atom is -0.480 e. The quantitative estimate of drug-likeness (QED) is 0.507. The van der Waals surface area contributed by atoms with Gasteiger partial charge in [-0.3, -0.25) is 9.69 Å². The van der Waals surface area contributed by atoms with Crippen LogP contribution in [-0.2, 0) is 19.1 Å². The molecule has 2 atom stereocenters. The Morgan fingerprint density at radius 1 is 1.00 bits per heavy atom. The van der Waals surface area contributed by atoms with Crippen LogP contribution in [0.2, 0.25) is 0 Å². The van der Waals surface area contributed by atoms with Gasteiger partial charge < -0.3 is 24.8 Å². The minimum absolute atomic E-state index is 0.111. The van der Waals surface area contributed by atoms with Crippen LogP contribution in [0, 0.1) is 5.92 Å². The SMILES string of the molecule is CC(C(=O)NC(C(=O)O)C1CCN(C(=O)OC(C)(C)C)CC1)N(C)C(=O)OCC1c2ccccc2-c2ccccc21. The zero-order chi connectivity index (χ0) is 29.9. The molecule has 2 aromatic carbocycles. The van der Waals surface area contributed by atoms with Gasteiger partial charge in [0.05, 0.1) is 0 Å². The van der Waals surface area contributed by atoms with Crippen LogP contribution in [0.15, 0.2) is 48.5 Å². The van der Waals surface area contributed by atoms with Gasteiger partial charge in [0.15, 0.2) is 0 Å². The molecular weight excluding hydrogens is 526 g/mol. The van der Waals surface area contributed by atoms with Crippen LogP contribution in [0.5, 0.6) is 0 Å². The maximum atomic E-state index is 13.1. The number of rotatable bonds is 7. The van der Waals surface area contributed by atoms with Crippen LogP contribution < -0.4 is 5.32 Å². The van der Waals surface area contributed by atoms with E-state index in [0.717, 1.165) is 22.3 Å². The van der Waals surface area contributed by atoms with Crippen molar-refractivity contribution in [3.8, 4) is 11.1 Å². The van der Waals surface area contributed by atoms with Crippen LogP contribution in [0.1, 0.15) is 57.6 Å². The molecule has 2 aliphatic rings. The summed E-state index contributed by atoms with van der Waals surface area (Å²) in [6.07, 6.45) is -0.322. The van der Waals surface area contributed by atoms with Gasteiger partial charge in [-0.1, -0.05) is 48.5 Å². The predicted molar refractivity (Wildman–Crippen MR) is 152 cm³/mol. The Morgan fingerprint density at radius 2 is 1.54 bits per heavy atom. The molecule has 1 saturated heterocycles. The smallest absolute Gasteiger partial charge is 0.410 e. The van der Waals surface area contributed by atoms with Gasteiger partial charge in [-0.25, -0.2) is 14.4 Å². The third-order valence-electron chi connectivity index (χ3n) is 7.81. The first-order valence-corrected chi connectivity index (χ1v) is 14.0. The zero-order valence-electron chi connectivity index (χ0n) is 24.3. The molecule has 0 aromatic heterocycles. The maximum absolute atomic E-state index is 13.1. The molecule has 10 heteroatoms.